The number of phenols is 1. The molecule has 1 atom stereocenters. The number of hydrogen-bond acceptors (Lipinski definition) is 3. The quantitative estimate of drug-likeness (QED) is 0.225. The van der Waals surface area contributed by atoms with E-state index in [0.29, 0.717) is 31.2 Å². The molecule has 1 saturated carbocycles. The second-order valence-corrected chi connectivity index (χ2v) is 13.7. The van der Waals surface area contributed by atoms with Gasteiger partial charge in [0, 0.05) is 36.5 Å². The molecule has 0 spiro atoms. The largest absolute Gasteiger partial charge is 0.508 e. The summed E-state index contributed by atoms with van der Waals surface area (Å²) in [5.41, 5.74) is 6.72. The number of halogens is 3. The summed E-state index contributed by atoms with van der Waals surface area (Å²) in [4.78, 5) is 19.2. The van der Waals surface area contributed by atoms with Crippen molar-refractivity contribution in [3.8, 4) is 16.9 Å². The summed E-state index contributed by atoms with van der Waals surface area (Å²) in [7, 11) is 0. The molecule has 3 aromatic carbocycles. The second kappa shape index (κ2) is 16.5. The van der Waals surface area contributed by atoms with Gasteiger partial charge in [-0.15, -0.1) is 0 Å². The first kappa shape index (κ1) is 36.3. The molecule has 0 bridgehead atoms. The zero-order valence-corrected chi connectivity index (χ0v) is 28.5. The van der Waals surface area contributed by atoms with Crippen LogP contribution in [0.5, 0.6) is 5.75 Å². The van der Waals surface area contributed by atoms with Crippen LogP contribution >= 0.6 is 0 Å². The molecule has 1 aliphatic heterocycles. The van der Waals surface area contributed by atoms with Gasteiger partial charge in [0.25, 0.3) is 5.91 Å². The normalized spacial score (nSPS) is 16.8. The molecule has 1 saturated heterocycles. The number of piperidine rings is 1. The van der Waals surface area contributed by atoms with Crippen molar-refractivity contribution in [1.29, 1.82) is 0 Å². The van der Waals surface area contributed by atoms with Gasteiger partial charge in [-0.2, -0.15) is 13.2 Å². The van der Waals surface area contributed by atoms with Crippen molar-refractivity contribution in [3.05, 3.63) is 95.6 Å². The lowest BCUT2D eigenvalue weighted by Gasteiger charge is -2.37. The molecular formula is C40H51F3N2O2. The first-order chi connectivity index (χ1) is 22.4. The number of aromatic hydroxyl groups is 1. The number of amides is 1. The smallest absolute Gasteiger partial charge is 0.391 e. The summed E-state index contributed by atoms with van der Waals surface area (Å²) in [6.07, 6.45) is 2.06. The van der Waals surface area contributed by atoms with Gasteiger partial charge in [0.2, 0.25) is 0 Å². The number of rotatable bonds is 11. The highest BCUT2D eigenvalue weighted by Gasteiger charge is 2.46. The molecule has 0 radical (unpaired) electrons. The minimum atomic E-state index is -3.89. The van der Waals surface area contributed by atoms with Crippen LogP contribution in [0.1, 0.15) is 86.3 Å². The molecule has 2 fully saturated rings. The third-order valence-electron chi connectivity index (χ3n) is 9.08. The van der Waals surface area contributed by atoms with Crippen LogP contribution in [0.25, 0.3) is 16.8 Å². The van der Waals surface area contributed by atoms with Crippen molar-refractivity contribution in [2.24, 2.45) is 17.8 Å². The molecule has 5 rings (SSSR count). The maximum absolute atomic E-state index is 14.6. The van der Waals surface area contributed by atoms with E-state index in [-0.39, 0.29) is 11.7 Å². The van der Waals surface area contributed by atoms with Crippen LogP contribution in [-0.2, 0) is 6.42 Å². The number of phenolic OH excluding ortho intramolecular Hbond substituents is 1. The van der Waals surface area contributed by atoms with Gasteiger partial charge >= 0.3 is 6.18 Å². The number of unbranched alkanes of at least 4 members (excludes halogenated alkanes) is 1. The van der Waals surface area contributed by atoms with E-state index in [2.05, 4.69) is 63.4 Å². The molecule has 47 heavy (non-hydrogen) atoms. The van der Waals surface area contributed by atoms with Crippen LogP contribution in [0.4, 0.5) is 13.2 Å². The average molecular weight is 649 g/mol. The molecule has 0 aromatic heterocycles. The number of hydrogen-bond donors (Lipinski definition) is 1. The van der Waals surface area contributed by atoms with E-state index in [4.69, 9.17) is 0 Å². The van der Waals surface area contributed by atoms with E-state index in [9.17, 15) is 23.1 Å². The zero-order chi connectivity index (χ0) is 34.1. The molecule has 1 aliphatic carbocycles. The minimum absolute atomic E-state index is 0.0287. The monoisotopic (exact) mass is 648 g/mol. The van der Waals surface area contributed by atoms with Gasteiger partial charge in [-0.3, -0.25) is 4.79 Å². The van der Waals surface area contributed by atoms with Crippen LogP contribution in [0.2, 0.25) is 0 Å². The number of alkyl halides is 3. The van der Waals surface area contributed by atoms with Gasteiger partial charge in [-0.1, -0.05) is 82.3 Å². The number of carbonyl (C=O) groups is 1. The zero-order valence-electron chi connectivity index (χ0n) is 28.5. The fourth-order valence-electron chi connectivity index (χ4n) is 6.35. The summed E-state index contributed by atoms with van der Waals surface area (Å²) in [5, 5.41) is 9.80. The lowest BCUT2D eigenvalue weighted by Crippen LogP contribution is -2.43. The maximum atomic E-state index is 14.6. The molecule has 1 N–H and O–H groups in total. The van der Waals surface area contributed by atoms with Crippen LogP contribution in [0.3, 0.4) is 0 Å². The SMILES string of the molecule is C=C(c1ccccc1C)N(CC1CCCN(CC(C)C)C1)C(=O)c1cc(-c2ccc(O)cc2)ccc1CCCC.FC(F)(F)C1CC1. The highest BCUT2D eigenvalue weighted by molar-refractivity contribution is 6.01. The van der Waals surface area contributed by atoms with E-state index in [1.165, 1.54) is 0 Å². The highest BCUT2D eigenvalue weighted by atomic mass is 19.4. The molecule has 254 valence electrons. The number of aryl methyl sites for hydroxylation is 2. The Morgan fingerprint density at radius 2 is 1.68 bits per heavy atom. The molecule has 1 unspecified atom stereocenters. The number of likely N-dealkylation sites (tertiary alicyclic amines) is 1. The molecule has 2 aliphatic rings. The molecule has 1 amide bonds. The molecular weight excluding hydrogens is 597 g/mol. The van der Waals surface area contributed by atoms with Gasteiger partial charge < -0.3 is 14.9 Å². The Kier molecular flexibility index (Phi) is 12.7. The Morgan fingerprint density at radius 1 is 1.00 bits per heavy atom. The predicted octanol–water partition coefficient (Wildman–Crippen LogP) is 10.2. The van der Waals surface area contributed by atoms with Gasteiger partial charge in [0.05, 0.1) is 5.92 Å². The Labute approximate surface area is 279 Å². The van der Waals surface area contributed by atoms with Gasteiger partial charge in [0.15, 0.2) is 0 Å². The van der Waals surface area contributed by atoms with Crippen molar-refractivity contribution >= 4 is 11.6 Å². The van der Waals surface area contributed by atoms with Gasteiger partial charge in [0.1, 0.15) is 5.75 Å². The number of nitrogens with zero attached hydrogens (tertiary/aromatic N) is 2. The first-order valence-electron chi connectivity index (χ1n) is 17.2. The summed E-state index contributed by atoms with van der Waals surface area (Å²) in [5.74, 6) is 0.339. The fraction of sp³-hybridized carbons (Fsp3) is 0.475. The number of benzene rings is 3. The minimum Gasteiger partial charge on any atom is -0.508 e. The van der Waals surface area contributed by atoms with Crippen LogP contribution < -0.4 is 0 Å². The van der Waals surface area contributed by atoms with E-state index in [1.54, 1.807) is 12.1 Å². The summed E-state index contributed by atoms with van der Waals surface area (Å²) >= 11 is 0. The van der Waals surface area contributed by atoms with Crippen LogP contribution in [-0.4, -0.2) is 53.2 Å². The summed E-state index contributed by atoms with van der Waals surface area (Å²) < 4.78 is 33.7. The van der Waals surface area contributed by atoms with Crippen molar-refractivity contribution in [2.45, 2.75) is 78.8 Å². The molecule has 4 nitrogen and oxygen atoms in total. The Morgan fingerprint density at radius 3 is 2.28 bits per heavy atom. The lowest BCUT2D eigenvalue weighted by molar-refractivity contribution is -0.147. The first-order valence-corrected chi connectivity index (χ1v) is 17.2. The van der Waals surface area contributed by atoms with E-state index in [0.717, 1.165) is 90.8 Å². The average Bonchev–Trinajstić information content (AvgIpc) is 3.90. The Balaban J connectivity index is 0.000000632. The third-order valence-corrected chi connectivity index (χ3v) is 9.08. The van der Waals surface area contributed by atoms with Crippen molar-refractivity contribution < 1.29 is 23.1 Å². The summed E-state index contributed by atoms with van der Waals surface area (Å²) in [6, 6.07) is 21.7. The van der Waals surface area contributed by atoms with Crippen LogP contribution in [0, 0.1) is 24.7 Å². The maximum Gasteiger partial charge on any atom is 0.391 e. The van der Waals surface area contributed by atoms with Crippen molar-refractivity contribution in [1.82, 2.24) is 9.80 Å². The number of carbonyl (C=O) groups excluding carboxylic acids is 1. The van der Waals surface area contributed by atoms with E-state index in [1.807, 2.05) is 35.2 Å². The van der Waals surface area contributed by atoms with Crippen molar-refractivity contribution in [2.75, 3.05) is 26.2 Å². The third kappa shape index (κ3) is 10.5. The topological polar surface area (TPSA) is 43.8 Å². The summed E-state index contributed by atoms with van der Waals surface area (Å²) in [6.45, 7) is 17.2. The molecule has 3 aromatic rings. The highest BCUT2D eigenvalue weighted by Crippen LogP contribution is 2.43. The second-order valence-electron chi connectivity index (χ2n) is 13.7. The lowest BCUT2D eigenvalue weighted by atomic mass is 9.93. The van der Waals surface area contributed by atoms with Gasteiger partial charge in [-0.25, -0.2) is 0 Å². The Hall–Kier alpha value is -3.58. The predicted molar refractivity (Wildman–Crippen MR) is 186 cm³/mol. The fourth-order valence-corrected chi connectivity index (χ4v) is 6.35. The Bertz CT molecular complexity index is 1480. The van der Waals surface area contributed by atoms with E-state index < -0.39 is 12.1 Å². The van der Waals surface area contributed by atoms with E-state index >= 15 is 0 Å². The standard InChI is InChI=1S/C36H46N2O2.C4H5F3/c1-6-7-13-31-15-16-32(30-17-19-33(39)20-18-30)22-35(31)36(40)38(28(5)34-14-9-8-11-27(34)4)25-29-12-10-21-37(24-29)23-26(2)3;5-4(6,7)3-1-2-3/h8-9,11,14-20,22,26,29,39H,5-7,10,12-13,21,23-25H2,1-4H3;3H,1-2H2. The van der Waals surface area contributed by atoms with Crippen molar-refractivity contribution in [3.63, 3.8) is 0 Å². The molecule has 7 heteroatoms. The molecule has 1 heterocycles. The van der Waals surface area contributed by atoms with Gasteiger partial charge in [-0.05, 0) is 104 Å². The van der Waals surface area contributed by atoms with Crippen LogP contribution in [0.15, 0.2) is 73.3 Å².